The van der Waals surface area contributed by atoms with E-state index in [1.807, 2.05) is 30.3 Å². The average molecular weight is 525 g/mol. The summed E-state index contributed by atoms with van der Waals surface area (Å²) in [6, 6.07) is 9.43. The van der Waals surface area contributed by atoms with Crippen molar-refractivity contribution in [2.75, 3.05) is 51.8 Å². The Bertz CT molecular complexity index is 810. The van der Waals surface area contributed by atoms with Crippen LogP contribution in [0.5, 0.6) is 5.75 Å². The molecule has 0 aliphatic carbocycles. The van der Waals surface area contributed by atoms with Gasteiger partial charge in [-0.2, -0.15) is 0 Å². The van der Waals surface area contributed by atoms with Crippen LogP contribution >= 0.6 is 24.0 Å². The second-order valence-electron chi connectivity index (χ2n) is 6.55. The molecule has 1 saturated heterocycles. The molecule has 9 nitrogen and oxygen atoms in total. The van der Waals surface area contributed by atoms with Crippen LogP contribution in [0.2, 0.25) is 0 Å². The molecule has 0 spiro atoms. The van der Waals surface area contributed by atoms with Crippen LogP contribution in [-0.4, -0.2) is 73.6 Å². The van der Waals surface area contributed by atoms with Gasteiger partial charge in [-0.1, -0.05) is 12.1 Å². The van der Waals surface area contributed by atoms with E-state index in [0.29, 0.717) is 6.54 Å². The Morgan fingerprint density at radius 3 is 2.37 bits per heavy atom. The molecule has 0 unspecified atom stereocenters. The third-order valence-electron chi connectivity index (χ3n) is 4.68. The Hall–Kier alpha value is -2.63. The summed E-state index contributed by atoms with van der Waals surface area (Å²) in [6.45, 7) is 3.81. The molecule has 1 aliphatic heterocycles. The highest BCUT2D eigenvalue weighted by Gasteiger charge is 2.21. The first kappa shape index (κ1) is 23.6. The molecule has 162 valence electrons. The van der Waals surface area contributed by atoms with E-state index >= 15 is 0 Å². The van der Waals surface area contributed by atoms with Gasteiger partial charge in [0.15, 0.2) is 5.96 Å². The van der Waals surface area contributed by atoms with Crippen LogP contribution in [0.15, 0.2) is 47.7 Å². The third-order valence-corrected chi connectivity index (χ3v) is 4.68. The Labute approximate surface area is 194 Å². The molecular weight excluding hydrogens is 497 g/mol. The zero-order valence-corrected chi connectivity index (χ0v) is 19.6. The number of carbonyl (C=O) groups is 1. The zero-order chi connectivity index (χ0) is 20.5. The number of amides is 1. The SMILES string of the molecule is CN=C(NCC(=O)NCc1ccc(OC)cc1)N1CCN(c2ncccn2)CC1.I. The lowest BCUT2D eigenvalue weighted by atomic mass is 10.2. The number of hydrogen-bond donors (Lipinski definition) is 2. The van der Waals surface area contributed by atoms with Crippen molar-refractivity contribution in [1.82, 2.24) is 25.5 Å². The second kappa shape index (κ2) is 12.2. The van der Waals surface area contributed by atoms with E-state index in [9.17, 15) is 4.79 Å². The number of piperazine rings is 1. The molecular formula is C20H28IN7O2. The molecule has 0 atom stereocenters. The van der Waals surface area contributed by atoms with E-state index in [1.54, 1.807) is 26.6 Å². The molecule has 1 aliphatic rings. The maximum atomic E-state index is 12.2. The fraction of sp³-hybridized carbons (Fsp3) is 0.400. The minimum Gasteiger partial charge on any atom is -0.497 e. The van der Waals surface area contributed by atoms with E-state index in [1.165, 1.54) is 0 Å². The standard InChI is InChI=1S/C20H27N7O2.HI/c1-21-19(26-10-12-27(13-11-26)20-22-8-3-9-23-20)25-15-18(28)24-14-16-4-6-17(29-2)7-5-16;/h3-9H,10-15H2,1-2H3,(H,21,25)(H,24,28);1H. The Morgan fingerprint density at radius 2 is 1.77 bits per heavy atom. The van der Waals surface area contributed by atoms with Crippen LogP contribution in [0.1, 0.15) is 5.56 Å². The van der Waals surface area contributed by atoms with Crippen molar-refractivity contribution in [3.63, 3.8) is 0 Å². The number of hydrogen-bond acceptors (Lipinski definition) is 6. The molecule has 1 fully saturated rings. The Balaban J connectivity index is 0.00000320. The summed E-state index contributed by atoms with van der Waals surface area (Å²) >= 11 is 0. The lowest BCUT2D eigenvalue weighted by Crippen LogP contribution is -2.54. The molecule has 3 rings (SSSR count). The summed E-state index contributed by atoms with van der Waals surface area (Å²) in [5.74, 6) is 2.17. The maximum Gasteiger partial charge on any atom is 0.239 e. The quantitative estimate of drug-likeness (QED) is 0.332. The molecule has 1 aromatic carbocycles. The van der Waals surface area contributed by atoms with Gasteiger partial charge in [0.25, 0.3) is 0 Å². The summed E-state index contributed by atoms with van der Waals surface area (Å²) in [5, 5.41) is 6.05. The lowest BCUT2D eigenvalue weighted by Gasteiger charge is -2.36. The number of nitrogens with zero attached hydrogens (tertiary/aromatic N) is 5. The number of carbonyl (C=O) groups excluding carboxylic acids is 1. The van der Waals surface area contributed by atoms with Crippen molar-refractivity contribution in [3.05, 3.63) is 48.3 Å². The summed E-state index contributed by atoms with van der Waals surface area (Å²) in [5.41, 5.74) is 1.02. The first-order chi connectivity index (χ1) is 14.2. The number of guanidine groups is 1. The number of rotatable bonds is 6. The summed E-state index contributed by atoms with van der Waals surface area (Å²) in [7, 11) is 3.36. The molecule has 0 radical (unpaired) electrons. The molecule has 2 N–H and O–H groups in total. The largest absolute Gasteiger partial charge is 0.497 e. The molecule has 1 aromatic heterocycles. The van der Waals surface area contributed by atoms with Gasteiger partial charge in [-0.25, -0.2) is 9.97 Å². The minimum absolute atomic E-state index is 0. The van der Waals surface area contributed by atoms with E-state index in [2.05, 4.69) is 35.4 Å². The number of anilines is 1. The molecule has 10 heteroatoms. The van der Waals surface area contributed by atoms with Crippen molar-refractivity contribution in [3.8, 4) is 5.75 Å². The molecule has 0 saturated carbocycles. The summed E-state index contributed by atoms with van der Waals surface area (Å²) in [4.78, 5) is 29.4. The maximum absolute atomic E-state index is 12.2. The van der Waals surface area contributed by atoms with Crippen LogP contribution < -0.4 is 20.3 Å². The number of ether oxygens (including phenoxy) is 1. The molecule has 0 bridgehead atoms. The number of nitrogens with one attached hydrogen (secondary N) is 2. The number of halogens is 1. The Kier molecular flexibility index (Phi) is 9.58. The van der Waals surface area contributed by atoms with Crippen molar-refractivity contribution in [1.29, 1.82) is 0 Å². The second-order valence-corrected chi connectivity index (χ2v) is 6.55. The smallest absolute Gasteiger partial charge is 0.239 e. The van der Waals surface area contributed by atoms with Gasteiger partial charge in [0.2, 0.25) is 11.9 Å². The number of methoxy groups -OCH3 is 1. The first-order valence-corrected chi connectivity index (χ1v) is 9.57. The summed E-state index contributed by atoms with van der Waals surface area (Å²) in [6.07, 6.45) is 3.50. The van der Waals surface area contributed by atoms with Crippen LogP contribution in [0.25, 0.3) is 0 Å². The van der Waals surface area contributed by atoms with Crippen molar-refractivity contribution < 1.29 is 9.53 Å². The molecule has 1 amide bonds. The van der Waals surface area contributed by atoms with Gasteiger partial charge >= 0.3 is 0 Å². The predicted molar refractivity (Wildman–Crippen MR) is 127 cm³/mol. The van der Waals surface area contributed by atoms with E-state index in [4.69, 9.17) is 4.74 Å². The number of aliphatic imine (C=N–C) groups is 1. The first-order valence-electron chi connectivity index (χ1n) is 9.57. The zero-order valence-electron chi connectivity index (χ0n) is 17.2. The number of benzene rings is 1. The monoisotopic (exact) mass is 525 g/mol. The molecule has 2 heterocycles. The molecule has 2 aromatic rings. The van der Waals surface area contributed by atoms with Crippen molar-refractivity contribution in [2.24, 2.45) is 4.99 Å². The van der Waals surface area contributed by atoms with Gasteiger partial charge in [0.05, 0.1) is 13.7 Å². The van der Waals surface area contributed by atoms with E-state index < -0.39 is 0 Å². The highest BCUT2D eigenvalue weighted by molar-refractivity contribution is 14.0. The Morgan fingerprint density at radius 1 is 1.10 bits per heavy atom. The summed E-state index contributed by atoms with van der Waals surface area (Å²) < 4.78 is 5.14. The predicted octanol–water partition coefficient (Wildman–Crippen LogP) is 1.12. The van der Waals surface area contributed by atoms with Crippen LogP contribution in [-0.2, 0) is 11.3 Å². The van der Waals surface area contributed by atoms with Crippen molar-refractivity contribution in [2.45, 2.75) is 6.54 Å². The van der Waals surface area contributed by atoms with E-state index in [-0.39, 0.29) is 36.4 Å². The van der Waals surface area contributed by atoms with E-state index in [0.717, 1.165) is 49.4 Å². The number of aromatic nitrogens is 2. The van der Waals surface area contributed by atoms with Gasteiger partial charge < -0.3 is 25.2 Å². The van der Waals surface area contributed by atoms with Gasteiger partial charge in [-0.15, -0.1) is 24.0 Å². The van der Waals surface area contributed by atoms with Crippen LogP contribution in [0.3, 0.4) is 0 Å². The molecule has 30 heavy (non-hydrogen) atoms. The normalized spacial score (nSPS) is 14.0. The minimum atomic E-state index is -0.0849. The van der Waals surface area contributed by atoms with Crippen LogP contribution in [0.4, 0.5) is 5.95 Å². The van der Waals surface area contributed by atoms with Gasteiger partial charge in [-0.3, -0.25) is 9.79 Å². The fourth-order valence-electron chi connectivity index (χ4n) is 3.07. The highest BCUT2D eigenvalue weighted by Crippen LogP contribution is 2.11. The topological polar surface area (TPSA) is 95.0 Å². The third kappa shape index (κ3) is 6.71. The highest BCUT2D eigenvalue weighted by atomic mass is 127. The van der Waals surface area contributed by atoms with Crippen molar-refractivity contribution >= 4 is 41.8 Å². The average Bonchev–Trinajstić information content (AvgIpc) is 2.79. The van der Waals surface area contributed by atoms with Gasteiger partial charge in [-0.05, 0) is 23.8 Å². The fourth-order valence-corrected chi connectivity index (χ4v) is 3.07. The van der Waals surface area contributed by atoms with Crippen LogP contribution in [0, 0.1) is 0 Å². The lowest BCUT2D eigenvalue weighted by molar-refractivity contribution is -0.120. The van der Waals surface area contributed by atoms with Gasteiger partial charge in [0.1, 0.15) is 5.75 Å². The van der Waals surface area contributed by atoms with Gasteiger partial charge in [0, 0.05) is 52.2 Å².